The summed E-state index contributed by atoms with van der Waals surface area (Å²) in [4.78, 5) is 10.7. The Morgan fingerprint density at radius 2 is 1.96 bits per heavy atom. The standard InChI is InChI=1S/C18H19N5O/c1-2-7-20-18(3-1)24-14-17-13-22(11-15-4-8-19-9-5-15)12-16-6-10-21-23(16)17/h1-10,17H,11-14H2/t17-/m0/s1. The first-order valence-corrected chi connectivity index (χ1v) is 8.06. The summed E-state index contributed by atoms with van der Waals surface area (Å²) < 4.78 is 7.94. The highest BCUT2D eigenvalue weighted by Crippen LogP contribution is 2.22. The van der Waals surface area contributed by atoms with Crippen molar-refractivity contribution in [2.24, 2.45) is 0 Å². The lowest BCUT2D eigenvalue weighted by Crippen LogP contribution is -2.39. The molecule has 1 atom stereocenters. The molecule has 0 saturated heterocycles. The van der Waals surface area contributed by atoms with Crippen LogP contribution < -0.4 is 4.74 Å². The average molecular weight is 321 g/mol. The van der Waals surface area contributed by atoms with E-state index in [1.807, 2.05) is 36.8 Å². The summed E-state index contributed by atoms with van der Waals surface area (Å²) in [6.07, 6.45) is 7.28. The summed E-state index contributed by atoms with van der Waals surface area (Å²) in [5.41, 5.74) is 2.48. The molecular weight excluding hydrogens is 302 g/mol. The molecule has 4 heterocycles. The molecule has 1 aliphatic heterocycles. The van der Waals surface area contributed by atoms with Crippen LogP contribution in [0.1, 0.15) is 17.3 Å². The second kappa shape index (κ2) is 6.80. The lowest BCUT2D eigenvalue weighted by molar-refractivity contribution is 0.125. The normalized spacial score (nSPS) is 17.4. The number of hydrogen-bond acceptors (Lipinski definition) is 5. The molecule has 0 bridgehead atoms. The van der Waals surface area contributed by atoms with E-state index in [1.54, 1.807) is 6.20 Å². The lowest BCUT2D eigenvalue weighted by atomic mass is 10.1. The monoisotopic (exact) mass is 321 g/mol. The van der Waals surface area contributed by atoms with E-state index in [1.165, 1.54) is 11.3 Å². The third-order valence-corrected chi connectivity index (χ3v) is 4.17. The van der Waals surface area contributed by atoms with Crippen molar-refractivity contribution in [3.05, 3.63) is 72.4 Å². The quantitative estimate of drug-likeness (QED) is 0.722. The predicted molar refractivity (Wildman–Crippen MR) is 89.3 cm³/mol. The van der Waals surface area contributed by atoms with Gasteiger partial charge in [-0.1, -0.05) is 6.07 Å². The first kappa shape index (κ1) is 14.8. The van der Waals surface area contributed by atoms with Gasteiger partial charge in [-0.3, -0.25) is 14.6 Å². The summed E-state index contributed by atoms with van der Waals surface area (Å²) >= 11 is 0. The van der Waals surface area contributed by atoms with Crippen LogP contribution in [0.3, 0.4) is 0 Å². The second-order valence-corrected chi connectivity index (χ2v) is 5.93. The Labute approximate surface area is 140 Å². The van der Waals surface area contributed by atoms with E-state index >= 15 is 0 Å². The Morgan fingerprint density at radius 3 is 2.79 bits per heavy atom. The predicted octanol–water partition coefficient (Wildman–Crippen LogP) is 2.31. The van der Waals surface area contributed by atoms with Gasteiger partial charge in [0.05, 0.1) is 11.7 Å². The highest BCUT2D eigenvalue weighted by Gasteiger charge is 2.26. The maximum atomic E-state index is 5.86. The highest BCUT2D eigenvalue weighted by molar-refractivity contribution is 5.12. The van der Waals surface area contributed by atoms with E-state index in [4.69, 9.17) is 4.74 Å². The molecule has 0 N–H and O–H groups in total. The molecule has 0 aromatic carbocycles. The van der Waals surface area contributed by atoms with Gasteiger partial charge in [-0.05, 0) is 29.8 Å². The molecule has 0 unspecified atom stereocenters. The van der Waals surface area contributed by atoms with E-state index in [9.17, 15) is 0 Å². The van der Waals surface area contributed by atoms with Gasteiger partial charge in [0.2, 0.25) is 5.88 Å². The summed E-state index contributed by atoms with van der Waals surface area (Å²) in [6.45, 7) is 3.23. The van der Waals surface area contributed by atoms with E-state index in [2.05, 4.69) is 42.8 Å². The molecule has 0 amide bonds. The zero-order chi connectivity index (χ0) is 16.2. The molecule has 3 aromatic rings. The van der Waals surface area contributed by atoms with Crippen molar-refractivity contribution in [3.63, 3.8) is 0 Å². The van der Waals surface area contributed by atoms with Gasteiger partial charge in [-0.2, -0.15) is 5.10 Å². The van der Waals surface area contributed by atoms with Gasteiger partial charge in [0.1, 0.15) is 6.61 Å². The Kier molecular flexibility index (Phi) is 4.20. The minimum absolute atomic E-state index is 0.174. The van der Waals surface area contributed by atoms with E-state index in [0.29, 0.717) is 12.5 Å². The first-order valence-electron chi connectivity index (χ1n) is 8.06. The van der Waals surface area contributed by atoms with Crippen LogP contribution >= 0.6 is 0 Å². The first-order chi connectivity index (χ1) is 11.9. The third-order valence-electron chi connectivity index (χ3n) is 4.17. The minimum atomic E-state index is 0.174. The fraction of sp³-hybridized carbons (Fsp3) is 0.278. The molecule has 0 saturated carbocycles. The Bertz CT molecular complexity index is 774. The molecule has 3 aromatic heterocycles. The van der Waals surface area contributed by atoms with Crippen molar-refractivity contribution in [2.45, 2.75) is 19.1 Å². The van der Waals surface area contributed by atoms with Crippen molar-refractivity contribution in [1.29, 1.82) is 0 Å². The van der Waals surface area contributed by atoms with Crippen LogP contribution in [0.2, 0.25) is 0 Å². The molecule has 0 fully saturated rings. The fourth-order valence-electron chi connectivity index (χ4n) is 3.07. The molecule has 4 rings (SSSR count). The number of pyridine rings is 2. The van der Waals surface area contributed by atoms with Crippen molar-refractivity contribution in [1.82, 2.24) is 24.6 Å². The molecule has 0 aliphatic carbocycles. The highest BCUT2D eigenvalue weighted by atomic mass is 16.5. The van der Waals surface area contributed by atoms with Crippen LogP contribution in [-0.4, -0.2) is 37.8 Å². The number of hydrogen-bond donors (Lipinski definition) is 0. The van der Waals surface area contributed by atoms with Crippen LogP contribution in [0, 0.1) is 0 Å². The fourth-order valence-corrected chi connectivity index (χ4v) is 3.07. The number of nitrogens with zero attached hydrogens (tertiary/aromatic N) is 5. The smallest absolute Gasteiger partial charge is 0.213 e. The molecule has 122 valence electrons. The van der Waals surface area contributed by atoms with Gasteiger partial charge in [0.25, 0.3) is 0 Å². The third kappa shape index (κ3) is 3.28. The SMILES string of the molecule is c1ccc(OC[C@@H]2CN(Cc3ccncc3)Cc3ccnn32)nc1. The maximum absolute atomic E-state index is 5.86. The summed E-state index contributed by atoms with van der Waals surface area (Å²) in [7, 11) is 0. The van der Waals surface area contributed by atoms with Gasteiger partial charge >= 0.3 is 0 Å². The Balaban J connectivity index is 1.47. The Morgan fingerprint density at radius 1 is 1.04 bits per heavy atom. The van der Waals surface area contributed by atoms with Gasteiger partial charge in [0, 0.05) is 50.5 Å². The average Bonchev–Trinajstić information content (AvgIpc) is 3.10. The molecule has 24 heavy (non-hydrogen) atoms. The van der Waals surface area contributed by atoms with Crippen molar-refractivity contribution < 1.29 is 4.74 Å². The number of fused-ring (bicyclic) bond motifs is 1. The largest absolute Gasteiger partial charge is 0.475 e. The number of rotatable bonds is 5. The van der Waals surface area contributed by atoms with E-state index in [0.717, 1.165) is 19.6 Å². The molecule has 6 heteroatoms. The molecule has 0 radical (unpaired) electrons. The summed E-state index contributed by atoms with van der Waals surface area (Å²) in [6, 6.07) is 12.1. The van der Waals surface area contributed by atoms with Crippen molar-refractivity contribution in [3.8, 4) is 5.88 Å². The Hall–Kier alpha value is -2.73. The van der Waals surface area contributed by atoms with Crippen LogP contribution in [0.25, 0.3) is 0 Å². The van der Waals surface area contributed by atoms with Crippen LogP contribution in [0.4, 0.5) is 0 Å². The number of aromatic nitrogens is 4. The van der Waals surface area contributed by atoms with E-state index < -0.39 is 0 Å². The second-order valence-electron chi connectivity index (χ2n) is 5.93. The lowest BCUT2D eigenvalue weighted by Gasteiger charge is -2.33. The molecule has 0 spiro atoms. The minimum Gasteiger partial charge on any atom is -0.475 e. The van der Waals surface area contributed by atoms with Crippen LogP contribution in [0.15, 0.2) is 61.2 Å². The van der Waals surface area contributed by atoms with Crippen molar-refractivity contribution in [2.75, 3.05) is 13.2 Å². The van der Waals surface area contributed by atoms with Gasteiger partial charge in [0.15, 0.2) is 0 Å². The van der Waals surface area contributed by atoms with Gasteiger partial charge in [-0.15, -0.1) is 0 Å². The van der Waals surface area contributed by atoms with Gasteiger partial charge < -0.3 is 4.74 Å². The van der Waals surface area contributed by atoms with E-state index in [-0.39, 0.29) is 6.04 Å². The van der Waals surface area contributed by atoms with Crippen molar-refractivity contribution >= 4 is 0 Å². The zero-order valence-corrected chi connectivity index (χ0v) is 13.3. The topological polar surface area (TPSA) is 56.1 Å². The molecule has 6 nitrogen and oxygen atoms in total. The number of ether oxygens (including phenoxy) is 1. The van der Waals surface area contributed by atoms with Crippen LogP contribution in [-0.2, 0) is 13.1 Å². The molecular formula is C18H19N5O. The zero-order valence-electron chi connectivity index (χ0n) is 13.3. The summed E-state index contributed by atoms with van der Waals surface area (Å²) in [5.74, 6) is 0.650. The van der Waals surface area contributed by atoms with Gasteiger partial charge in [-0.25, -0.2) is 4.98 Å². The van der Waals surface area contributed by atoms with Crippen LogP contribution in [0.5, 0.6) is 5.88 Å². The summed E-state index contributed by atoms with van der Waals surface area (Å²) in [5, 5.41) is 4.47. The maximum Gasteiger partial charge on any atom is 0.213 e. The molecule has 1 aliphatic rings.